The fourth-order valence-corrected chi connectivity index (χ4v) is 1.34. The maximum atomic E-state index is 11.8. The summed E-state index contributed by atoms with van der Waals surface area (Å²) in [7, 11) is 0. The second kappa shape index (κ2) is 4.19. The first kappa shape index (κ1) is 10.4. The van der Waals surface area contributed by atoms with Crippen LogP contribution in [-0.4, -0.2) is 21.1 Å². The number of aromatic nitrogens is 3. The van der Waals surface area contributed by atoms with Crippen molar-refractivity contribution in [3.8, 4) is 0 Å². The van der Waals surface area contributed by atoms with Gasteiger partial charge in [-0.2, -0.15) is 5.10 Å². The molecule has 0 radical (unpaired) electrons. The van der Waals surface area contributed by atoms with Gasteiger partial charge in [-0.15, -0.1) is 0 Å². The fraction of sp³-hybridized carbons (Fsp3) is 0. The summed E-state index contributed by atoms with van der Waals surface area (Å²) in [6.45, 7) is 0. The molecule has 2 aromatic rings. The molecule has 0 unspecified atom stereocenters. The van der Waals surface area contributed by atoms with Gasteiger partial charge in [0.1, 0.15) is 0 Å². The van der Waals surface area contributed by atoms with Gasteiger partial charge < -0.3 is 11.1 Å². The third kappa shape index (κ3) is 1.96. The molecule has 4 N–H and O–H groups in total. The van der Waals surface area contributed by atoms with E-state index < -0.39 is 0 Å². The first-order valence-electron chi connectivity index (χ1n) is 4.38. The maximum Gasteiger partial charge on any atom is 0.258 e. The van der Waals surface area contributed by atoms with Crippen LogP contribution in [0.25, 0.3) is 0 Å². The van der Waals surface area contributed by atoms with Crippen LogP contribution in [0.3, 0.4) is 0 Å². The number of aromatic amines is 1. The minimum absolute atomic E-state index is 0.276. The van der Waals surface area contributed by atoms with Gasteiger partial charge in [0, 0.05) is 12.4 Å². The SMILES string of the molecule is Nc1cn[nH]c1NC(=O)c1ccncc1Cl. The number of amides is 1. The van der Waals surface area contributed by atoms with Gasteiger partial charge in [0.15, 0.2) is 5.82 Å². The van der Waals surface area contributed by atoms with Gasteiger partial charge in [0.25, 0.3) is 5.91 Å². The third-order valence-corrected chi connectivity index (χ3v) is 2.23. The van der Waals surface area contributed by atoms with Crippen LogP contribution in [0.5, 0.6) is 0 Å². The van der Waals surface area contributed by atoms with E-state index in [4.69, 9.17) is 17.3 Å². The van der Waals surface area contributed by atoms with E-state index in [9.17, 15) is 4.79 Å². The van der Waals surface area contributed by atoms with Crippen LogP contribution < -0.4 is 11.1 Å². The number of nitrogens with two attached hydrogens (primary N) is 1. The Labute approximate surface area is 95.8 Å². The molecule has 0 aromatic carbocycles. The van der Waals surface area contributed by atoms with Gasteiger partial charge in [0.2, 0.25) is 0 Å². The van der Waals surface area contributed by atoms with Crippen LogP contribution >= 0.6 is 11.6 Å². The Kier molecular flexibility index (Phi) is 2.74. The summed E-state index contributed by atoms with van der Waals surface area (Å²) in [5, 5.41) is 9.07. The number of pyridine rings is 1. The molecule has 6 nitrogen and oxygen atoms in total. The number of carbonyl (C=O) groups excluding carboxylic acids is 1. The van der Waals surface area contributed by atoms with E-state index in [0.717, 1.165) is 0 Å². The van der Waals surface area contributed by atoms with Gasteiger partial charge in [0.05, 0.1) is 22.5 Å². The lowest BCUT2D eigenvalue weighted by molar-refractivity contribution is 0.102. The van der Waals surface area contributed by atoms with Gasteiger partial charge in [-0.3, -0.25) is 14.9 Å². The number of nitrogen functional groups attached to an aromatic ring is 1. The Balaban J connectivity index is 2.22. The number of halogens is 1. The number of rotatable bonds is 2. The van der Waals surface area contributed by atoms with Crippen LogP contribution in [0.15, 0.2) is 24.7 Å². The summed E-state index contributed by atoms with van der Waals surface area (Å²) >= 11 is 5.82. The largest absolute Gasteiger partial charge is 0.394 e. The molecular formula is C9H8ClN5O. The van der Waals surface area contributed by atoms with E-state index in [-0.39, 0.29) is 10.9 Å². The minimum atomic E-state index is -0.372. The summed E-state index contributed by atoms with van der Waals surface area (Å²) < 4.78 is 0. The van der Waals surface area contributed by atoms with E-state index in [1.807, 2.05) is 0 Å². The molecule has 0 atom stereocenters. The third-order valence-electron chi connectivity index (χ3n) is 1.92. The van der Waals surface area contributed by atoms with Crippen molar-refractivity contribution in [2.24, 2.45) is 0 Å². The van der Waals surface area contributed by atoms with E-state index in [0.29, 0.717) is 17.1 Å². The monoisotopic (exact) mass is 237 g/mol. The summed E-state index contributed by atoms with van der Waals surface area (Å²) in [4.78, 5) is 15.5. The van der Waals surface area contributed by atoms with Crippen molar-refractivity contribution in [1.82, 2.24) is 15.2 Å². The van der Waals surface area contributed by atoms with Crippen molar-refractivity contribution in [3.63, 3.8) is 0 Å². The highest BCUT2D eigenvalue weighted by molar-refractivity contribution is 6.34. The zero-order valence-corrected chi connectivity index (χ0v) is 8.82. The number of nitrogens with one attached hydrogen (secondary N) is 2. The summed E-state index contributed by atoms with van der Waals surface area (Å²) in [6, 6.07) is 1.52. The van der Waals surface area contributed by atoms with Crippen molar-refractivity contribution in [1.29, 1.82) is 0 Å². The Morgan fingerprint density at radius 3 is 2.94 bits per heavy atom. The lowest BCUT2D eigenvalue weighted by Crippen LogP contribution is -2.13. The highest BCUT2D eigenvalue weighted by atomic mass is 35.5. The first-order valence-corrected chi connectivity index (χ1v) is 4.76. The van der Waals surface area contributed by atoms with E-state index in [1.165, 1.54) is 24.7 Å². The molecule has 7 heteroatoms. The number of H-pyrrole nitrogens is 1. The number of hydrogen-bond acceptors (Lipinski definition) is 4. The zero-order valence-electron chi connectivity index (χ0n) is 8.07. The second-order valence-electron chi connectivity index (χ2n) is 3.01. The summed E-state index contributed by atoms with van der Waals surface area (Å²) in [5.41, 5.74) is 6.24. The van der Waals surface area contributed by atoms with Crippen molar-refractivity contribution in [3.05, 3.63) is 35.2 Å². The van der Waals surface area contributed by atoms with Gasteiger partial charge in [-0.25, -0.2) is 0 Å². The molecule has 0 fully saturated rings. The number of nitrogens with zero attached hydrogens (tertiary/aromatic N) is 2. The van der Waals surface area contributed by atoms with Gasteiger partial charge in [-0.05, 0) is 6.07 Å². The zero-order chi connectivity index (χ0) is 11.5. The normalized spacial score (nSPS) is 10.1. The molecular weight excluding hydrogens is 230 g/mol. The molecule has 0 spiro atoms. The molecule has 0 aliphatic heterocycles. The molecule has 82 valence electrons. The molecule has 0 saturated heterocycles. The summed E-state index contributed by atoms with van der Waals surface area (Å²) in [6.07, 6.45) is 4.29. The average molecular weight is 238 g/mol. The van der Waals surface area contributed by atoms with Crippen LogP contribution in [-0.2, 0) is 0 Å². The molecule has 0 aliphatic rings. The first-order chi connectivity index (χ1) is 7.68. The van der Waals surface area contributed by atoms with Crippen LogP contribution in [0.4, 0.5) is 11.5 Å². The predicted molar refractivity (Wildman–Crippen MR) is 60.2 cm³/mol. The van der Waals surface area contributed by atoms with E-state index in [1.54, 1.807) is 0 Å². The minimum Gasteiger partial charge on any atom is -0.394 e. The standard InChI is InChI=1S/C9H8ClN5O/c10-6-3-12-2-1-5(6)9(16)14-8-7(11)4-13-15-8/h1-4H,11H2,(H2,13,14,15,16). The van der Waals surface area contributed by atoms with Crippen molar-refractivity contribution >= 4 is 29.0 Å². The average Bonchev–Trinajstić information content (AvgIpc) is 2.65. The quantitative estimate of drug-likeness (QED) is 0.733. The van der Waals surface area contributed by atoms with Crippen molar-refractivity contribution in [2.75, 3.05) is 11.1 Å². The predicted octanol–water partition coefficient (Wildman–Crippen LogP) is 1.29. The summed E-state index contributed by atoms with van der Waals surface area (Å²) in [5.74, 6) is -0.0266. The smallest absolute Gasteiger partial charge is 0.258 e. The van der Waals surface area contributed by atoms with Crippen LogP contribution in [0, 0.1) is 0 Å². The van der Waals surface area contributed by atoms with E-state index in [2.05, 4.69) is 20.5 Å². The molecule has 0 bridgehead atoms. The molecule has 1 amide bonds. The highest BCUT2D eigenvalue weighted by Gasteiger charge is 2.12. The number of anilines is 2. The maximum absolute atomic E-state index is 11.8. The van der Waals surface area contributed by atoms with Crippen LogP contribution in [0.1, 0.15) is 10.4 Å². The van der Waals surface area contributed by atoms with Crippen molar-refractivity contribution in [2.45, 2.75) is 0 Å². The van der Waals surface area contributed by atoms with E-state index >= 15 is 0 Å². The lowest BCUT2D eigenvalue weighted by atomic mass is 10.2. The topological polar surface area (TPSA) is 96.7 Å². The second-order valence-corrected chi connectivity index (χ2v) is 3.42. The molecule has 0 saturated carbocycles. The number of carbonyl (C=O) groups is 1. The Hall–Kier alpha value is -2.08. The van der Waals surface area contributed by atoms with Gasteiger partial charge >= 0.3 is 0 Å². The van der Waals surface area contributed by atoms with Crippen LogP contribution in [0.2, 0.25) is 5.02 Å². The lowest BCUT2D eigenvalue weighted by Gasteiger charge is -2.04. The Morgan fingerprint density at radius 2 is 2.31 bits per heavy atom. The molecule has 2 heterocycles. The Bertz CT molecular complexity index is 524. The number of hydrogen-bond donors (Lipinski definition) is 3. The molecule has 16 heavy (non-hydrogen) atoms. The fourth-order valence-electron chi connectivity index (χ4n) is 1.14. The molecule has 0 aliphatic carbocycles. The van der Waals surface area contributed by atoms with Gasteiger partial charge in [-0.1, -0.05) is 11.6 Å². The molecule has 2 aromatic heterocycles. The molecule has 2 rings (SSSR count). The Morgan fingerprint density at radius 1 is 1.50 bits per heavy atom. The van der Waals surface area contributed by atoms with Crippen molar-refractivity contribution < 1.29 is 4.79 Å². The highest BCUT2D eigenvalue weighted by Crippen LogP contribution is 2.17.